The average molecular weight is 430 g/mol. The Morgan fingerprint density at radius 3 is 2.57 bits per heavy atom. The molecule has 1 aliphatic heterocycles. The van der Waals surface area contributed by atoms with Gasteiger partial charge in [-0.2, -0.15) is 5.10 Å². The maximum absolute atomic E-state index is 13.8. The van der Waals surface area contributed by atoms with Crippen molar-refractivity contribution in [2.45, 2.75) is 32.4 Å². The average Bonchev–Trinajstić information content (AvgIpc) is 3.02. The normalized spacial score (nSPS) is 17.9. The van der Waals surface area contributed by atoms with E-state index in [-0.39, 0.29) is 34.7 Å². The highest BCUT2D eigenvalue weighted by Gasteiger charge is 2.32. The number of halogens is 2. The number of nitrogens with zero attached hydrogens (tertiary/aromatic N) is 2. The third-order valence-electron chi connectivity index (χ3n) is 4.50. The Kier molecular flexibility index (Phi) is 6.61. The minimum absolute atomic E-state index is 0.0292. The van der Waals surface area contributed by atoms with Crippen molar-refractivity contribution in [1.82, 2.24) is 5.32 Å². The molecule has 2 aromatic carbocycles. The van der Waals surface area contributed by atoms with Crippen molar-refractivity contribution in [2.75, 3.05) is 5.32 Å². The van der Waals surface area contributed by atoms with E-state index in [2.05, 4.69) is 20.8 Å². The molecule has 0 radical (unpaired) electrons. The minimum Gasteiger partial charge on any atom is -0.326 e. The lowest BCUT2D eigenvalue weighted by molar-refractivity contribution is -0.122. The van der Waals surface area contributed by atoms with Crippen LogP contribution in [-0.4, -0.2) is 27.9 Å². The van der Waals surface area contributed by atoms with Crippen molar-refractivity contribution in [1.29, 1.82) is 0 Å². The van der Waals surface area contributed by atoms with Crippen LogP contribution in [0.25, 0.3) is 0 Å². The smallest absolute Gasteiger partial charge is 0.240 e. The molecule has 1 aliphatic rings. The molecule has 6 nitrogen and oxygen atoms in total. The number of nitrogens with one attached hydrogen (secondary N) is 2. The topological polar surface area (TPSA) is 82.9 Å². The molecule has 1 unspecified atom stereocenters. The Balaban J connectivity index is 1.65. The maximum atomic E-state index is 13.8. The summed E-state index contributed by atoms with van der Waals surface area (Å²) in [6.07, 6.45) is -0.0292. The van der Waals surface area contributed by atoms with Crippen LogP contribution in [0, 0.1) is 25.5 Å². The van der Waals surface area contributed by atoms with Crippen LogP contribution in [0.2, 0.25) is 0 Å². The van der Waals surface area contributed by atoms with Gasteiger partial charge in [0.25, 0.3) is 0 Å². The molecule has 0 spiro atoms. The predicted molar refractivity (Wildman–Crippen MR) is 115 cm³/mol. The van der Waals surface area contributed by atoms with Crippen molar-refractivity contribution >= 4 is 40.1 Å². The highest BCUT2D eigenvalue weighted by atomic mass is 32.2. The number of hydrogen-bond acceptors (Lipinski definition) is 5. The number of para-hydroxylation sites is 1. The highest BCUT2D eigenvalue weighted by molar-refractivity contribution is 8.15. The van der Waals surface area contributed by atoms with Crippen molar-refractivity contribution in [3.63, 3.8) is 0 Å². The number of thioether (sulfide) groups is 1. The van der Waals surface area contributed by atoms with Gasteiger partial charge in [-0.25, -0.2) is 8.78 Å². The van der Waals surface area contributed by atoms with Crippen LogP contribution in [0.3, 0.4) is 0 Å². The SMILES string of the molecule is C/C(=N\N=C1\NC(=O)C(CC(=O)Nc2c(C)cccc2C)S1)c1ccc(F)cc1F. The zero-order chi connectivity index (χ0) is 21.8. The van der Waals surface area contributed by atoms with Crippen LogP contribution in [0.15, 0.2) is 46.6 Å². The first-order valence-electron chi connectivity index (χ1n) is 9.16. The van der Waals surface area contributed by atoms with E-state index in [0.29, 0.717) is 0 Å². The summed E-state index contributed by atoms with van der Waals surface area (Å²) in [6.45, 7) is 5.32. The van der Waals surface area contributed by atoms with Gasteiger partial charge in [-0.05, 0) is 44.0 Å². The number of amides is 2. The van der Waals surface area contributed by atoms with Gasteiger partial charge in [0.2, 0.25) is 11.8 Å². The Hall–Kier alpha value is -3.07. The first kappa shape index (κ1) is 21.6. The Bertz CT molecular complexity index is 1050. The molecule has 2 N–H and O–H groups in total. The molecular formula is C21H20F2N4O2S. The minimum atomic E-state index is -0.749. The molecular weight excluding hydrogens is 410 g/mol. The summed E-state index contributed by atoms with van der Waals surface area (Å²) in [7, 11) is 0. The molecule has 2 amide bonds. The second-order valence-corrected chi connectivity index (χ2v) is 8.02. The second-order valence-electron chi connectivity index (χ2n) is 6.83. The first-order chi connectivity index (χ1) is 14.2. The van der Waals surface area contributed by atoms with Gasteiger partial charge >= 0.3 is 0 Å². The predicted octanol–water partition coefficient (Wildman–Crippen LogP) is 3.92. The van der Waals surface area contributed by atoms with Crippen LogP contribution in [-0.2, 0) is 9.59 Å². The molecule has 0 aliphatic carbocycles. The number of anilines is 1. The van der Waals surface area contributed by atoms with Gasteiger partial charge in [-0.1, -0.05) is 30.0 Å². The van der Waals surface area contributed by atoms with E-state index in [1.165, 1.54) is 13.0 Å². The summed E-state index contributed by atoms with van der Waals surface area (Å²) in [5.74, 6) is -2.07. The molecule has 0 saturated carbocycles. The molecule has 0 bridgehead atoms. The molecule has 1 heterocycles. The summed E-state index contributed by atoms with van der Waals surface area (Å²) in [6, 6.07) is 8.86. The number of benzene rings is 2. The standard InChI is InChI=1S/C21H20F2N4O2S/c1-11-5-4-6-12(2)19(11)24-18(28)10-17-20(29)25-21(30-17)27-26-13(3)15-8-7-14(22)9-16(15)23/h4-9,17H,10H2,1-3H3,(H,24,28)(H,25,27,29)/b26-13+. The summed E-state index contributed by atoms with van der Waals surface area (Å²) in [5.41, 5.74) is 2.95. The molecule has 1 saturated heterocycles. The molecule has 0 aromatic heterocycles. The number of carbonyl (C=O) groups is 2. The fourth-order valence-corrected chi connectivity index (χ4v) is 3.83. The van der Waals surface area contributed by atoms with Gasteiger partial charge in [-0.15, -0.1) is 5.10 Å². The third kappa shape index (κ3) is 5.10. The monoisotopic (exact) mass is 430 g/mol. The fourth-order valence-electron chi connectivity index (χ4n) is 2.91. The molecule has 1 atom stereocenters. The van der Waals surface area contributed by atoms with E-state index in [1.807, 2.05) is 32.0 Å². The number of rotatable bonds is 5. The lowest BCUT2D eigenvalue weighted by Gasteiger charge is -2.12. The largest absolute Gasteiger partial charge is 0.326 e. The van der Waals surface area contributed by atoms with E-state index >= 15 is 0 Å². The lowest BCUT2D eigenvalue weighted by atomic mass is 10.1. The Morgan fingerprint density at radius 1 is 1.20 bits per heavy atom. The molecule has 1 fully saturated rings. The fraction of sp³-hybridized carbons (Fsp3) is 0.238. The Morgan fingerprint density at radius 2 is 1.90 bits per heavy atom. The molecule has 9 heteroatoms. The van der Waals surface area contributed by atoms with Gasteiger partial charge in [-0.3, -0.25) is 9.59 Å². The van der Waals surface area contributed by atoms with Crippen LogP contribution in [0.1, 0.15) is 30.0 Å². The number of aryl methyl sites for hydroxylation is 2. The summed E-state index contributed by atoms with van der Waals surface area (Å²) in [4.78, 5) is 24.6. The number of amidine groups is 1. The molecule has 2 aromatic rings. The summed E-state index contributed by atoms with van der Waals surface area (Å²) >= 11 is 1.08. The second kappa shape index (κ2) is 9.17. The van der Waals surface area contributed by atoms with Crippen LogP contribution < -0.4 is 10.6 Å². The van der Waals surface area contributed by atoms with Gasteiger partial charge in [0, 0.05) is 23.7 Å². The zero-order valence-corrected chi connectivity index (χ0v) is 17.4. The van der Waals surface area contributed by atoms with Crippen molar-refractivity contribution in [2.24, 2.45) is 10.2 Å². The van der Waals surface area contributed by atoms with Crippen molar-refractivity contribution in [3.05, 3.63) is 64.7 Å². The zero-order valence-electron chi connectivity index (χ0n) is 16.6. The van der Waals surface area contributed by atoms with E-state index < -0.39 is 16.9 Å². The van der Waals surface area contributed by atoms with E-state index in [9.17, 15) is 18.4 Å². The Labute approximate surface area is 176 Å². The van der Waals surface area contributed by atoms with Crippen LogP contribution in [0.5, 0.6) is 0 Å². The van der Waals surface area contributed by atoms with E-state index in [4.69, 9.17) is 0 Å². The quantitative estimate of drug-likeness (QED) is 0.557. The summed E-state index contributed by atoms with van der Waals surface area (Å²) in [5, 5.41) is 12.8. The van der Waals surface area contributed by atoms with Gasteiger partial charge in [0.05, 0.1) is 5.71 Å². The molecule has 30 heavy (non-hydrogen) atoms. The van der Waals surface area contributed by atoms with E-state index in [1.54, 1.807) is 0 Å². The summed E-state index contributed by atoms with van der Waals surface area (Å²) < 4.78 is 26.8. The molecule has 156 valence electrons. The van der Waals surface area contributed by atoms with Crippen LogP contribution >= 0.6 is 11.8 Å². The van der Waals surface area contributed by atoms with E-state index in [0.717, 1.165) is 40.7 Å². The van der Waals surface area contributed by atoms with Gasteiger partial charge in [0.1, 0.15) is 16.9 Å². The lowest BCUT2D eigenvalue weighted by Crippen LogP contribution is -2.28. The van der Waals surface area contributed by atoms with Crippen molar-refractivity contribution < 1.29 is 18.4 Å². The highest BCUT2D eigenvalue weighted by Crippen LogP contribution is 2.25. The van der Waals surface area contributed by atoms with Gasteiger partial charge < -0.3 is 10.6 Å². The first-order valence-corrected chi connectivity index (χ1v) is 10.0. The van der Waals surface area contributed by atoms with Crippen LogP contribution in [0.4, 0.5) is 14.5 Å². The molecule has 3 rings (SSSR count). The maximum Gasteiger partial charge on any atom is 0.240 e. The van der Waals surface area contributed by atoms with Gasteiger partial charge in [0.15, 0.2) is 5.17 Å². The number of hydrogen-bond donors (Lipinski definition) is 2. The van der Waals surface area contributed by atoms with Crippen molar-refractivity contribution in [3.8, 4) is 0 Å². The number of carbonyl (C=O) groups excluding carboxylic acids is 2. The third-order valence-corrected chi connectivity index (χ3v) is 5.58.